The molecule has 0 spiro atoms. The molecule has 2 heterocycles. The SMILES string of the molecule is CC(C)(C)OC(=O)N1CCN(c2cccc(-c3ccc4c(c3)C(C)(C)CC4)n2)CC1. The van der Waals surface area contributed by atoms with Crippen LogP contribution in [0.5, 0.6) is 0 Å². The predicted molar refractivity (Wildman–Crippen MR) is 121 cm³/mol. The van der Waals surface area contributed by atoms with Gasteiger partial charge in [0.2, 0.25) is 0 Å². The topological polar surface area (TPSA) is 45.7 Å². The second-order valence-electron chi connectivity index (χ2n) is 10.1. The van der Waals surface area contributed by atoms with Crippen LogP contribution in [0.2, 0.25) is 0 Å². The highest BCUT2D eigenvalue weighted by Crippen LogP contribution is 2.40. The van der Waals surface area contributed by atoms with Crippen LogP contribution in [0.15, 0.2) is 36.4 Å². The molecular formula is C25H33N3O2. The van der Waals surface area contributed by atoms with Crippen LogP contribution >= 0.6 is 0 Å². The second-order valence-corrected chi connectivity index (χ2v) is 10.1. The number of hydrogen-bond acceptors (Lipinski definition) is 4. The number of hydrogen-bond donors (Lipinski definition) is 0. The average Bonchev–Trinajstić information content (AvgIpc) is 3.01. The van der Waals surface area contributed by atoms with Gasteiger partial charge in [-0.3, -0.25) is 0 Å². The Bertz CT molecular complexity index is 938. The number of rotatable bonds is 2. The van der Waals surface area contributed by atoms with Crippen LogP contribution in [0.25, 0.3) is 11.3 Å². The molecule has 5 nitrogen and oxygen atoms in total. The molecule has 2 aliphatic rings. The lowest BCUT2D eigenvalue weighted by atomic mass is 9.85. The lowest BCUT2D eigenvalue weighted by Crippen LogP contribution is -2.50. The normalized spacial score (nSPS) is 18.3. The molecule has 5 heteroatoms. The van der Waals surface area contributed by atoms with Crippen molar-refractivity contribution in [2.45, 2.75) is 58.5 Å². The van der Waals surface area contributed by atoms with E-state index in [9.17, 15) is 4.79 Å². The van der Waals surface area contributed by atoms with Crippen molar-refractivity contribution in [3.8, 4) is 11.3 Å². The molecular weight excluding hydrogens is 374 g/mol. The molecule has 1 aromatic heterocycles. The molecule has 4 rings (SSSR count). The molecule has 0 N–H and O–H groups in total. The predicted octanol–water partition coefficient (Wildman–Crippen LogP) is 5.03. The van der Waals surface area contributed by atoms with Crippen LogP contribution in [0.4, 0.5) is 10.6 Å². The maximum atomic E-state index is 12.3. The highest BCUT2D eigenvalue weighted by atomic mass is 16.6. The summed E-state index contributed by atoms with van der Waals surface area (Å²) >= 11 is 0. The summed E-state index contributed by atoms with van der Waals surface area (Å²) in [4.78, 5) is 21.3. The van der Waals surface area contributed by atoms with Gasteiger partial charge in [-0.25, -0.2) is 9.78 Å². The summed E-state index contributed by atoms with van der Waals surface area (Å²) in [5.41, 5.74) is 4.89. The molecule has 0 unspecified atom stereocenters. The number of benzene rings is 1. The van der Waals surface area contributed by atoms with E-state index in [0.29, 0.717) is 13.1 Å². The number of anilines is 1. The zero-order chi connectivity index (χ0) is 21.5. The largest absolute Gasteiger partial charge is 0.444 e. The third-order valence-electron chi connectivity index (χ3n) is 6.14. The third-order valence-corrected chi connectivity index (χ3v) is 6.14. The summed E-state index contributed by atoms with van der Waals surface area (Å²) in [5, 5.41) is 0. The summed E-state index contributed by atoms with van der Waals surface area (Å²) in [6, 6.07) is 13.0. The van der Waals surface area contributed by atoms with Crippen LogP contribution in [0, 0.1) is 0 Å². The van der Waals surface area contributed by atoms with Gasteiger partial charge in [0.1, 0.15) is 11.4 Å². The van der Waals surface area contributed by atoms with E-state index in [0.717, 1.165) is 31.0 Å². The Morgan fingerprint density at radius 3 is 2.50 bits per heavy atom. The Hall–Kier alpha value is -2.56. The fraction of sp³-hybridized carbons (Fsp3) is 0.520. The first-order chi connectivity index (χ1) is 14.1. The fourth-order valence-electron chi connectivity index (χ4n) is 4.37. The molecule has 1 saturated heterocycles. The molecule has 2 aromatic rings. The summed E-state index contributed by atoms with van der Waals surface area (Å²) in [6.07, 6.45) is 2.14. The van der Waals surface area contributed by atoms with E-state index in [-0.39, 0.29) is 11.5 Å². The maximum Gasteiger partial charge on any atom is 0.410 e. The molecule has 1 amide bonds. The van der Waals surface area contributed by atoms with E-state index in [1.54, 1.807) is 4.90 Å². The first-order valence-corrected chi connectivity index (χ1v) is 11.0. The van der Waals surface area contributed by atoms with E-state index >= 15 is 0 Å². The Morgan fingerprint density at radius 1 is 1.07 bits per heavy atom. The minimum Gasteiger partial charge on any atom is -0.444 e. The van der Waals surface area contributed by atoms with Gasteiger partial charge < -0.3 is 14.5 Å². The number of aryl methyl sites for hydroxylation is 1. The standard InChI is InChI=1S/C25H33N3O2/c1-24(2,3)30-23(29)28-15-13-27(14-16-28)22-8-6-7-21(26-22)19-10-9-18-11-12-25(4,5)20(18)17-19/h6-10,17H,11-16H2,1-5H3. The molecule has 160 valence electrons. The monoisotopic (exact) mass is 407 g/mol. The summed E-state index contributed by atoms with van der Waals surface area (Å²) in [5.74, 6) is 0.969. The fourth-order valence-corrected chi connectivity index (χ4v) is 4.37. The second kappa shape index (κ2) is 7.60. The van der Waals surface area contributed by atoms with Gasteiger partial charge in [0.25, 0.3) is 0 Å². The van der Waals surface area contributed by atoms with Crippen molar-refractivity contribution < 1.29 is 9.53 Å². The third kappa shape index (κ3) is 4.30. The van der Waals surface area contributed by atoms with Crippen molar-refractivity contribution in [1.82, 2.24) is 9.88 Å². The summed E-state index contributed by atoms with van der Waals surface area (Å²) < 4.78 is 5.50. The van der Waals surface area contributed by atoms with E-state index in [1.807, 2.05) is 20.8 Å². The van der Waals surface area contributed by atoms with E-state index in [4.69, 9.17) is 9.72 Å². The van der Waals surface area contributed by atoms with Gasteiger partial charge in [0.05, 0.1) is 5.69 Å². The Balaban J connectivity index is 1.47. The number of fused-ring (bicyclic) bond motifs is 1. The van der Waals surface area contributed by atoms with Gasteiger partial charge >= 0.3 is 6.09 Å². The zero-order valence-electron chi connectivity index (χ0n) is 18.9. The highest BCUT2D eigenvalue weighted by Gasteiger charge is 2.30. The minimum atomic E-state index is -0.464. The lowest BCUT2D eigenvalue weighted by Gasteiger charge is -2.36. The van der Waals surface area contributed by atoms with Crippen LogP contribution in [-0.4, -0.2) is 47.8 Å². The molecule has 1 aliphatic heterocycles. The van der Waals surface area contributed by atoms with E-state index in [2.05, 4.69) is 55.1 Å². The van der Waals surface area contributed by atoms with E-state index in [1.165, 1.54) is 23.1 Å². The number of pyridine rings is 1. The number of nitrogens with zero attached hydrogens (tertiary/aromatic N) is 3. The average molecular weight is 408 g/mol. The molecule has 0 radical (unpaired) electrons. The Morgan fingerprint density at radius 2 is 1.80 bits per heavy atom. The van der Waals surface area contributed by atoms with Crippen LogP contribution in [0.1, 0.15) is 52.2 Å². The number of amides is 1. The van der Waals surface area contributed by atoms with Crippen molar-refractivity contribution in [3.05, 3.63) is 47.5 Å². The smallest absolute Gasteiger partial charge is 0.410 e. The molecule has 30 heavy (non-hydrogen) atoms. The maximum absolute atomic E-state index is 12.3. The Labute approximate surface area is 180 Å². The van der Waals surface area contributed by atoms with Crippen LogP contribution < -0.4 is 4.90 Å². The molecule has 1 fully saturated rings. The van der Waals surface area contributed by atoms with Gasteiger partial charge in [0, 0.05) is 31.7 Å². The molecule has 1 aromatic carbocycles. The summed E-state index contributed by atoms with van der Waals surface area (Å²) in [7, 11) is 0. The number of aromatic nitrogens is 1. The molecule has 0 saturated carbocycles. The number of carbonyl (C=O) groups is 1. The van der Waals surface area contributed by atoms with Gasteiger partial charge in [-0.05, 0) is 68.4 Å². The quantitative estimate of drug-likeness (QED) is 0.700. The van der Waals surface area contributed by atoms with Crippen molar-refractivity contribution in [3.63, 3.8) is 0 Å². The number of ether oxygens (including phenoxy) is 1. The van der Waals surface area contributed by atoms with Crippen LogP contribution in [0.3, 0.4) is 0 Å². The zero-order valence-corrected chi connectivity index (χ0v) is 18.9. The van der Waals surface area contributed by atoms with Gasteiger partial charge in [-0.1, -0.05) is 32.0 Å². The molecule has 0 atom stereocenters. The minimum absolute atomic E-state index is 0.232. The van der Waals surface area contributed by atoms with Crippen molar-refractivity contribution in [2.24, 2.45) is 0 Å². The number of piperazine rings is 1. The van der Waals surface area contributed by atoms with E-state index < -0.39 is 5.60 Å². The Kier molecular flexibility index (Phi) is 5.25. The van der Waals surface area contributed by atoms with Gasteiger partial charge in [-0.15, -0.1) is 0 Å². The highest BCUT2D eigenvalue weighted by molar-refractivity contribution is 5.69. The lowest BCUT2D eigenvalue weighted by molar-refractivity contribution is 0.0240. The molecule has 0 bridgehead atoms. The number of carbonyl (C=O) groups excluding carboxylic acids is 1. The first-order valence-electron chi connectivity index (χ1n) is 11.0. The van der Waals surface area contributed by atoms with Crippen molar-refractivity contribution >= 4 is 11.9 Å². The van der Waals surface area contributed by atoms with Gasteiger partial charge in [0.15, 0.2) is 0 Å². The first kappa shape index (κ1) is 20.7. The van der Waals surface area contributed by atoms with Crippen LogP contribution in [-0.2, 0) is 16.6 Å². The molecule has 1 aliphatic carbocycles. The van der Waals surface area contributed by atoms with Gasteiger partial charge in [-0.2, -0.15) is 0 Å². The van der Waals surface area contributed by atoms with Crippen molar-refractivity contribution in [1.29, 1.82) is 0 Å². The summed E-state index contributed by atoms with van der Waals surface area (Å²) in [6.45, 7) is 13.2. The van der Waals surface area contributed by atoms with Crippen molar-refractivity contribution in [2.75, 3.05) is 31.1 Å².